The van der Waals surface area contributed by atoms with Gasteiger partial charge >= 0.3 is 11.9 Å². The molecule has 6 aliphatic rings. The van der Waals surface area contributed by atoms with Crippen LogP contribution in [-0.4, -0.2) is 60.6 Å². The highest BCUT2D eigenvalue weighted by atomic mass is 32.2. The summed E-state index contributed by atoms with van der Waals surface area (Å²) >= 11 is 0. The molecule has 0 aromatic heterocycles. The van der Waals surface area contributed by atoms with E-state index in [2.05, 4.69) is 58.5 Å². The lowest BCUT2D eigenvalue weighted by Crippen LogP contribution is -2.68. The molecule has 6 aliphatic carbocycles. The molecule has 0 radical (unpaired) electrons. The van der Waals surface area contributed by atoms with Crippen LogP contribution in [0.2, 0.25) is 0 Å². The SMILES string of the molecule is CC(C)C1=C2[C@H]3CC[C@@H]4[C@@]5(C)CC[C@H](OC(=O)[C@H]6C[C@@H](C(=O)O)C6(C)C)C(C)(C)[C@@H]5CC[C@@]4(C)[C@]3(C)CC[C@@]2(NC(=O)C(C)(C)NS(C)(=O)=O)CC1=O. The van der Waals surface area contributed by atoms with Crippen molar-refractivity contribution in [2.75, 3.05) is 6.26 Å². The number of carboxylic acid groups (broad SMARTS) is 1. The minimum atomic E-state index is -3.66. The van der Waals surface area contributed by atoms with Crippen molar-refractivity contribution in [1.29, 1.82) is 0 Å². The fourth-order valence-corrected chi connectivity index (χ4v) is 14.8. The van der Waals surface area contributed by atoms with E-state index in [4.69, 9.17) is 4.74 Å². The summed E-state index contributed by atoms with van der Waals surface area (Å²) < 4.78 is 33.3. The average molecular weight is 759 g/mol. The summed E-state index contributed by atoms with van der Waals surface area (Å²) in [7, 11) is -3.66. The molecular formula is C42H66N2O8S. The van der Waals surface area contributed by atoms with Gasteiger partial charge in [0.1, 0.15) is 11.6 Å². The van der Waals surface area contributed by atoms with Gasteiger partial charge in [-0.2, -0.15) is 0 Å². The van der Waals surface area contributed by atoms with Gasteiger partial charge in [-0.15, -0.1) is 0 Å². The number of carbonyl (C=O) groups is 4. The number of ether oxygens (including phenoxy) is 1. The summed E-state index contributed by atoms with van der Waals surface area (Å²) in [6.07, 6.45) is 8.53. The Bertz CT molecular complexity index is 1750. The maximum absolute atomic E-state index is 14.0. The molecule has 5 saturated carbocycles. The summed E-state index contributed by atoms with van der Waals surface area (Å²) in [6, 6.07) is 0. The Labute approximate surface area is 317 Å². The second kappa shape index (κ2) is 12.4. The number of nitrogens with one attached hydrogen (secondary N) is 2. The van der Waals surface area contributed by atoms with Gasteiger partial charge in [-0.3, -0.25) is 19.2 Å². The van der Waals surface area contributed by atoms with E-state index in [0.29, 0.717) is 24.7 Å². The monoisotopic (exact) mass is 758 g/mol. The Kier molecular flexibility index (Phi) is 9.42. The standard InChI is InChI=1S/C42H66N2O8S/c1-23(2)31-27(45)22-42(43-35(49)38(7,8)44-53(12,50)51)20-19-40(10)24(32(31)42)13-14-29-39(9)17-16-30(37(5,6)28(39)15-18-41(29,40)11)52-34(48)26-21-25(33(46)47)36(26,3)4/h23-26,28-30,44H,13-22H2,1-12H3,(H,43,49)(H,46,47)/t24-,25+,26-,28+,29-,30+,39+,40-,41-,42-/m1/s1. The van der Waals surface area contributed by atoms with Crippen LogP contribution in [0.15, 0.2) is 11.1 Å². The van der Waals surface area contributed by atoms with Crippen LogP contribution in [-0.2, 0) is 33.9 Å². The van der Waals surface area contributed by atoms with Crippen LogP contribution in [0.5, 0.6) is 0 Å². The van der Waals surface area contributed by atoms with Gasteiger partial charge in [-0.05, 0) is 128 Å². The van der Waals surface area contributed by atoms with Gasteiger partial charge in [0.2, 0.25) is 15.9 Å². The first-order valence-corrected chi connectivity index (χ1v) is 22.0. The number of hydrogen-bond donors (Lipinski definition) is 3. The number of sulfonamides is 1. The van der Waals surface area contributed by atoms with Crippen LogP contribution >= 0.6 is 0 Å². The van der Waals surface area contributed by atoms with E-state index in [1.807, 2.05) is 13.8 Å². The van der Waals surface area contributed by atoms with Crippen LogP contribution in [0.3, 0.4) is 0 Å². The van der Waals surface area contributed by atoms with Gasteiger partial charge in [0.05, 0.1) is 23.6 Å². The highest BCUT2D eigenvalue weighted by Crippen LogP contribution is 2.76. The van der Waals surface area contributed by atoms with Gasteiger partial charge in [-0.25, -0.2) is 13.1 Å². The predicted molar refractivity (Wildman–Crippen MR) is 203 cm³/mol. The van der Waals surface area contributed by atoms with Crippen LogP contribution in [0, 0.1) is 62.6 Å². The zero-order valence-electron chi connectivity index (χ0n) is 34.3. The average Bonchev–Trinajstić information content (AvgIpc) is 3.28. The lowest BCUT2D eigenvalue weighted by Gasteiger charge is -2.72. The molecule has 0 heterocycles. The molecule has 5 fully saturated rings. The van der Waals surface area contributed by atoms with Crippen molar-refractivity contribution in [1.82, 2.24) is 10.0 Å². The third-order valence-electron chi connectivity index (χ3n) is 16.8. The van der Waals surface area contributed by atoms with E-state index >= 15 is 0 Å². The number of esters is 1. The summed E-state index contributed by atoms with van der Waals surface area (Å²) in [4.78, 5) is 53.2. The van der Waals surface area contributed by atoms with E-state index in [9.17, 15) is 32.7 Å². The fraction of sp³-hybridized carbons (Fsp3) is 0.857. The molecule has 10 nitrogen and oxygen atoms in total. The first-order valence-electron chi connectivity index (χ1n) is 20.1. The third-order valence-corrected chi connectivity index (χ3v) is 17.7. The number of rotatable bonds is 8. The van der Waals surface area contributed by atoms with Gasteiger partial charge in [0.15, 0.2) is 5.78 Å². The number of allylic oxidation sites excluding steroid dienone is 1. The third kappa shape index (κ3) is 5.89. The highest BCUT2D eigenvalue weighted by Gasteiger charge is 2.70. The normalized spacial score (nSPS) is 41.7. The number of carbonyl (C=O) groups excluding carboxylic acids is 3. The topological polar surface area (TPSA) is 156 Å². The molecule has 1 amide bonds. The minimum Gasteiger partial charge on any atom is -0.481 e. The molecular weight excluding hydrogens is 693 g/mol. The van der Waals surface area contributed by atoms with E-state index in [1.165, 1.54) is 0 Å². The minimum absolute atomic E-state index is 0.00104. The molecule has 0 saturated heterocycles. The largest absolute Gasteiger partial charge is 0.481 e. The molecule has 0 aromatic carbocycles. The lowest BCUT2D eigenvalue weighted by molar-refractivity contribution is -0.235. The smallest absolute Gasteiger partial charge is 0.309 e. The van der Waals surface area contributed by atoms with Gasteiger partial charge < -0.3 is 15.2 Å². The van der Waals surface area contributed by atoms with Crippen molar-refractivity contribution in [3.8, 4) is 0 Å². The molecule has 298 valence electrons. The second-order valence-corrected chi connectivity index (χ2v) is 22.8. The zero-order chi connectivity index (χ0) is 39.7. The van der Waals surface area contributed by atoms with Crippen LogP contribution < -0.4 is 10.0 Å². The van der Waals surface area contributed by atoms with Crippen molar-refractivity contribution in [2.45, 2.75) is 158 Å². The molecule has 0 aromatic rings. The van der Waals surface area contributed by atoms with Crippen LogP contribution in [0.25, 0.3) is 0 Å². The van der Waals surface area contributed by atoms with Crippen LogP contribution in [0.4, 0.5) is 0 Å². The molecule has 11 heteroatoms. The lowest BCUT2D eigenvalue weighted by atomic mass is 9.33. The van der Waals surface area contributed by atoms with Gasteiger partial charge in [-0.1, -0.05) is 62.3 Å². The van der Waals surface area contributed by atoms with Crippen molar-refractivity contribution >= 4 is 33.7 Å². The highest BCUT2D eigenvalue weighted by molar-refractivity contribution is 7.88. The van der Waals surface area contributed by atoms with E-state index in [-0.39, 0.29) is 57.8 Å². The fourth-order valence-electron chi connectivity index (χ4n) is 13.8. The summed E-state index contributed by atoms with van der Waals surface area (Å²) in [6.45, 7) is 23.0. The van der Waals surface area contributed by atoms with Crippen molar-refractivity contribution in [3.05, 3.63) is 11.1 Å². The van der Waals surface area contributed by atoms with Crippen molar-refractivity contribution in [2.24, 2.45) is 62.6 Å². The number of amides is 1. The molecule has 0 unspecified atom stereocenters. The first-order chi connectivity index (χ1) is 24.1. The summed E-state index contributed by atoms with van der Waals surface area (Å²) in [5.41, 5.74) is -1.29. The Morgan fingerprint density at radius 2 is 1.49 bits per heavy atom. The molecule has 0 aliphatic heterocycles. The number of Topliss-reactive ketones (excluding diaryl/α,β-unsaturated/α-hetero) is 1. The van der Waals surface area contributed by atoms with E-state index in [0.717, 1.165) is 62.3 Å². The number of aliphatic carboxylic acids is 1. The number of fused-ring (bicyclic) bond motifs is 7. The first kappa shape index (κ1) is 40.4. The quantitative estimate of drug-likeness (QED) is 0.228. The Hall–Kier alpha value is -2.27. The number of hydrogen-bond acceptors (Lipinski definition) is 7. The Morgan fingerprint density at radius 3 is 2.06 bits per heavy atom. The van der Waals surface area contributed by atoms with Crippen molar-refractivity contribution in [3.63, 3.8) is 0 Å². The Balaban J connectivity index is 1.28. The van der Waals surface area contributed by atoms with Crippen LogP contribution in [0.1, 0.15) is 140 Å². The maximum atomic E-state index is 14.0. The zero-order valence-corrected chi connectivity index (χ0v) is 35.1. The molecule has 3 N–H and O–H groups in total. The Morgan fingerprint density at radius 1 is 0.849 bits per heavy atom. The molecule has 0 spiro atoms. The second-order valence-electron chi connectivity index (χ2n) is 21.0. The van der Waals surface area contributed by atoms with Crippen molar-refractivity contribution < 1.29 is 37.4 Å². The predicted octanol–water partition coefficient (Wildman–Crippen LogP) is 6.82. The summed E-state index contributed by atoms with van der Waals surface area (Å²) in [5.74, 6) is -1.50. The van der Waals surface area contributed by atoms with E-state index in [1.54, 1.807) is 13.8 Å². The van der Waals surface area contributed by atoms with Gasteiger partial charge in [0.25, 0.3) is 0 Å². The molecule has 6 rings (SSSR count). The maximum Gasteiger partial charge on any atom is 0.309 e. The molecule has 53 heavy (non-hydrogen) atoms. The molecule has 10 atom stereocenters. The number of carboxylic acids is 1. The van der Waals surface area contributed by atoms with Gasteiger partial charge in [0, 0.05) is 11.8 Å². The molecule has 0 bridgehead atoms. The summed E-state index contributed by atoms with van der Waals surface area (Å²) in [5, 5.41) is 12.9. The van der Waals surface area contributed by atoms with E-state index < -0.39 is 50.2 Å². The number of ketones is 1.